The number of aromatic nitrogens is 2. The molecule has 1 saturated heterocycles. The fraction of sp³-hybridized carbons (Fsp3) is 0.348. The minimum absolute atomic E-state index is 0.0383. The number of benzene rings is 2. The lowest BCUT2D eigenvalue weighted by Crippen LogP contribution is -2.32. The highest BCUT2D eigenvalue weighted by Gasteiger charge is 2.25. The summed E-state index contributed by atoms with van der Waals surface area (Å²) in [6.45, 7) is 4.52. The van der Waals surface area contributed by atoms with Crippen molar-refractivity contribution < 1.29 is 17.6 Å². The highest BCUT2D eigenvalue weighted by atomic mass is 32.2. The summed E-state index contributed by atoms with van der Waals surface area (Å²) in [5, 5.41) is 2.68. The lowest BCUT2D eigenvalue weighted by molar-refractivity contribution is 0.102. The third kappa shape index (κ3) is 4.49. The van der Waals surface area contributed by atoms with Gasteiger partial charge in [0.25, 0.3) is 5.91 Å². The first-order chi connectivity index (χ1) is 15.3. The molecule has 1 aliphatic rings. The fourth-order valence-electron chi connectivity index (χ4n) is 3.83. The van der Waals surface area contributed by atoms with Crippen LogP contribution in [0, 0.1) is 19.7 Å². The molecule has 2 aromatic carbocycles. The number of aryl methyl sites for hydroxylation is 2. The number of sulfonamides is 1. The number of hydrogen-bond acceptors (Lipinski definition) is 5. The molecule has 2 heterocycles. The van der Waals surface area contributed by atoms with Crippen LogP contribution >= 0.6 is 0 Å². The molecular weight excluding hydrogens is 431 g/mol. The molecule has 1 amide bonds. The van der Waals surface area contributed by atoms with Crippen LogP contribution in [0.4, 0.5) is 10.1 Å². The van der Waals surface area contributed by atoms with E-state index in [1.807, 2.05) is 0 Å². The molecule has 1 aliphatic heterocycles. The van der Waals surface area contributed by atoms with Gasteiger partial charge in [0, 0.05) is 24.8 Å². The highest BCUT2D eigenvalue weighted by Crippen LogP contribution is 2.24. The Bertz CT molecular complexity index is 1290. The number of nitrogens with one attached hydrogen (secondary N) is 1. The summed E-state index contributed by atoms with van der Waals surface area (Å²) >= 11 is 0. The summed E-state index contributed by atoms with van der Waals surface area (Å²) in [5.74, 6) is -1.19. The van der Waals surface area contributed by atoms with Gasteiger partial charge in [0.15, 0.2) is 0 Å². The Morgan fingerprint density at radius 1 is 1.00 bits per heavy atom. The molecule has 0 spiro atoms. The molecular formula is C23H25FN4O3S. The van der Waals surface area contributed by atoms with E-state index in [1.54, 1.807) is 26.0 Å². The van der Waals surface area contributed by atoms with E-state index >= 15 is 0 Å². The minimum Gasteiger partial charge on any atom is -0.322 e. The lowest BCUT2D eigenvalue weighted by Gasteiger charge is -2.20. The summed E-state index contributed by atoms with van der Waals surface area (Å²) in [6, 6.07) is 8.48. The van der Waals surface area contributed by atoms with Crippen LogP contribution in [0.15, 0.2) is 41.3 Å². The molecule has 4 rings (SSSR count). The van der Waals surface area contributed by atoms with Crippen molar-refractivity contribution in [3.8, 4) is 0 Å². The zero-order valence-electron chi connectivity index (χ0n) is 18.1. The van der Waals surface area contributed by atoms with Gasteiger partial charge < -0.3 is 5.32 Å². The van der Waals surface area contributed by atoms with E-state index in [2.05, 4.69) is 15.3 Å². The van der Waals surface area contributed by atoms with Crippen molar-refractivity contribution in [2.45, 2.75) is 44.4 Å². The van der Waals surface area contributed by atoms with Crippen LogP contribution in [0.5, 0.6) is 0 Å². The number of carbonyl (C=O) groups excluding carboxylic acids is 1. The van der Waals surface area contributed by atoms with Crippen molar-refractivity contribution >= 4 is 32.7 Å². The maximum atomic E-state index is 14.2. The Hall–Kier alpha value is -2.91. The molecule has 0 aliphatic carbocycles. The average Bonchev–Trinajstić information content (AvgIpc) is 3.05. The molecule has 1 aromatic heterocycles. The van der Waals surface area contributed by atoms with Crippen molar-refractivity contribution in [2.24, 2.45) is 0 Å². The topological polar surface area (TPSA) is 92.3 Å². The van der Waals surface area contributed by atoms with Crippen LogP contribution in [0.25, 0.3) is 11.0 Å². The Morgan fingerprint density at radius 2 is 1.69 bits per heavy atom. The maximum Gasteiger partial charge on any atom is 0.258 e. The van der Waals surface area contributed by atoms with E-state index in [4.69, 9.17) is 0 Å². The van der Waals surface area contributed by atoms with Crippen molar-refractivity contribution in [3.05, 3.63) is 59.2 Å². The Labute approximate surface area is 186 Å². The number of amides is 1. The van der Waals surface area contributed by atoms with E-state index in [9.17, 15) is 17.6 Å². The van der Waals surface area contributed by atoms with Gasteiger partial charge in [-0.1, -0.05) is 18.9 Å². The van der Waals surface area contributed by atoms with Gasteiger partial charge in [0.05, 0.1) is 27.4 Å². The van der Waals surface area contributed by atoms with E-state index in [-0.39, 0.29) is 16.0 Å². The summed E-state index contributed by atoms with van der Waals surface area (Å²) < 4.78 is 41.8. The number of hydrogen-bond donors (Lipinski definition) is 1. The minimum atomic E-state index is -3.66. The van der Waals surface area contributed by atoms with Gasteiger partial charge in [-0.2, -0.15) is 4.31 Å². The maximum absolute atomic E-state index is 14.2. The third-order valence-corrected chi connectivity index (χ3v) is 7.58. The second kappa shape index (κ2) is 8.91. The standard InChI is InChI=1S/C23H25FN4O3S/c1-15-16(2)26-22-20(12-17(24)13-21(22)25-15)23(29)27-18-8-7-9-19(14-18)32(30,31)28-10-5-3-4-6-11-28/h7-9,12-14H,3-6,10-11H2,1-2H3,(H,27,29). The molecule has 168 valence electrons. The smallest absolute Gasteiger partial charge is 0.258 e. The number of rotatable bonds is 4. The molecule has 1 fully saturated rings. The molecule has 1 N–H and O–H groups in total. The monoisotopic (exact) mass is 456 g/mol. The van der Waals surface area contributed by atoms with Gasteiger partial charge in [0.2, 0.25) is 10.0 Å². The summed E-state index contributed by atoms with van der Waals surface area (Å²) in [5.41, 5.74) is 2.22. The molecule has 9 heteroatoms. The lowest BCUT2D eigenvalue weighted by atomic mass is 10.1. The summed E-state index contributed by atoms with van der Waals surface area (Å²) in [7, 11) is -3.66. The summed E-state index contributed by atoms with van der Waals surface area (Å²) in [4.78, 5) is 21.8. The van der Waals surface area contributed by atoms with Crippen LogP contribution in [0.1, 0.15) is 47.4 Å². The Kier molecular flexibility index (Phi) is 6.21. The van der Waals surface area contributed by atoms with Crippen LogP contribution in [0.2, 0.25) is 0 Å². The van der Waals surface area contributed by atoms with E-state index in [0.29, 0.717) is 35.7 Å². The van der Waals surface area contributed by atoms with Crippen molar-refractivity contribution in [1.82, 2.24) is 14.3 Å². The highest BCUT2D eigenvalue weighted by molar-refractivity contribution is 7.89. The SMILES string of the molecule is Cc1nc2cc(F)cc(C(=O)Nc3cccc(S(=O)(=O)N4CCCCCC4)c3)c2nc1C. The molecule has 0 radical (unpaired) electrons. The first-order valence-corrected chi connectivity index (χ1v) is 12.1. The van der Waals surface area contributed by atoms with E-state index in [0.717, 1.165) is 31.7 Å². The van der Waals surface area contributed by atoms with Gasteiger partial charge in [0.1, 0.15) is 11.3 Å². The number of fused-ring (bicyclic) bond motifs is 1. The predicted molar refractivity (Wildman–Crippen MR) is 121 cm³/mol. The van der Waals surface area contributed by atoms with Gasteiger partial charge >= 0.3 is 0 Å². The fourth-order valence-corrected chi connectivity index (χ4v) is 5.40. The molecule has 0 atom stereocenters. The quantitative estimate of drug-likeness (QED) is 0.635. The number of halogens is 1. The van der Waals surface area contributed by atoms with Crippen LogP contribution < -0.4 is 5.32 Å². The van der Waals surface area contributed by atoms with E-state index in [1.165, 1.54) is 22.5 Å². The first kappa shape index (κ1) is 22.3. The van der Waals surface area contributed by atoms with Gasteiger partial charge in [-0.25, -0.2) is 22.8 Å². The molecule has 32 heavy (non-hydrogen) atoms. The van der Waals surface area contributed by atoms with Gasteiger partial charge in [-0.15, -0.1) is 0 Å². The largest absolute Gasteiger partial charge is 0.322 e. The zero-order chi connectivity index (χ0) is 22.9. The number of anilines is 1. The Balaban J connectivity index is 1.64. The zero-order valence-corrected chi connectivity index (χ0v) is 18.9. The molecule has 3 aromatic rings. The Morgan fingerprint density at radius 3 is 2.41 bits per heavy atom. The molecule has 0 saturated carbocycles. The normalized spacial score (nSPS) is 15.5. The van der Waals surface area contributed by atoms with Crippen LogP contribution in [-0.4, -0.2) is 41.7 Å². The van der Waals surface area contributed by atoms with Crippen LogP contribution in [0.3, 0.4) is 0 Å². The third-order valence-electron chi connectivity index (χ3n) is 5.69. The number of carbonyl (C=O) groups is 1. The van der Waals surface area contributed by atoms with E-state index < -0.39 is 21.7 Å². The number of nitrogens with zero attached hydrogens (tertiary/aromatic N) is 3. The first-order valence-electron chi connectivity index (χ1n) is 10.6. The van der Waals surface area contributed by atoms with Gasteiger partial charge in [-0.3, -0.25) is 4.79 Å². The second-order valence-electron chi connectivity index (χ2n) is 8.02. The average molecular weight is 457 g/mol. The molecule has 7 nitrogen and oxygen atoms in total. The predicted octanol–water partition coefficient (Wildman–Crippen LogP) is 4.20. The molecule has 0 bridgehead atoms. The van der Waals surface area contributed by atoms with Crippen LogP contribution in [-0.2, 0) is 10.0 Å². The van der Waals surface area contributed by atoms with Crippen molar-refractivity contribution in [2.75, 3.05) is 18.4 Å². The molecule has 0 unspecified atom stereocenters. The summed E-state index contributed by atoms with van der Waals surface area (Å²) in [6.07, 6.45) is 3.71. The van der Waals surface area contributed by atoms with Crippen molar-refractivity contribution in [3.63, 3.8) is 0 Å². The van der Waals surface area contributed by atoms with Gasteiger partial charge in [-0.05, 0) is 51.0 Å². The van der Waals surface area contributed by atoms with Crippen molar-refractivity contribution in [1.29, 1.82) is 0 Å². The second-order valence-corrected chi connectivity index (χ2v) is 9.95.